The van der Waals surface area contributed by atoms with Gasteiger partial charge in [0.25, 0.3) is 0 Å². The smallest absolute Gasteiger partial charge is 0.407 e. The molecule has 0 heterocycles. The normalized spacial score (nSPS) is 26.1. The zero-order chi connectivity index (χ0) is 15.4. The van der Waals surface area contributed by atoms with Gasteiger partial charge in [-0.25, -0.2) is 4.79 Å². The molecule has 1 N–H and O–H groups in total. The van der Waals surface area contributed by atoms with Gasteiger partial charge in [-0.1, -0.05) is 27.2 Å². The highest BCUT2D eigenvalue weighted by Gasteiger charge is 2.37. The molecule has 20 heavy (non-hydrogen) atoms. The number of alkyl carbamates (subject to hydrolysis) is 1. The lowest BCUT2D eigenvalue weighted by Gasteiger charge is -2.42. The van der Waals surface area contributed by atoms with E-state index in [-0.39, 0.29) is 10.8 Å². The van der Waals surface area contributed by atoms with Crippen molar-refractivity contribution in [2.45, 2.75) is 52.6 Å². The number of alkyl halides is 2. The van der Waals surface area contributed by atoms with E-state index in [1.54, 1.807) is 0 Å². The van der Waals surface area contributed by atoms with Gasteiger partial charge < -0.3 is 14.8 Å². The van der Waals surface area contributed by atoms with E-state index in [4.69, 9.17) is 0 Å². The second-order valence-corrected chi connectivity index (χ2v) is 6.78. The van der Waals surface area contributed by atoms with Crippen LogP contribution in [0.1, 0.15) is 46.5 Å². The highest BCUT2D eigenvalue weighted by atomic mass is 19.3. The topological polar surface area (TPSA) is 47.6 Å². The Morgan fingerprint density at radius 3 is 2.50 bits per heavy atom. The number of carbonyl (C=O) groups excluding carboxylic acids is 1. The molecule has 1 atom stereocenters. The maximum absolute atomic E-state index is 12.8. The zero-order valence-corrected chi connectivity index (χ0v) is 12.7. The summed E-state index contributed by atoms with van der Waals surface area (Å²) in [6, 6.07) is 0. The number of halogens is 2. The summed E-state index contributed by atoms with van der Waals surface area (Å²) in [4.78, 5) is 11.4. The maximum atomic E-state index is 12.8. The molecular weight excluding hydrogens is 268 g/mol. The first-order valence-corrected chi connectivity index (χ1v) is 6.91. The van der Waals surface area contributed by atoms with E-state index in [1.165, 1.54) is 6.42 Å². The number of carbonyl (C=O) groups is 1. The van der Waals surface area contributed by atoms with Gasteiger partial charge in [-0.05, 0) is 30.1 Å². The molecule has 0 spiro atoms. The molecule has 1 saturated carbocycles. The largest absolute Gasteiger partial charge is 0.440 e. The Hall–Kier alpha value is -0.910. The lowest BCUT2D eigenvalue weighted by atomic mass is 9.64. The van der Waals surface area contributed by atoms with Crippen LogP contribution in [-0.4, -0.2) is 32.5 Å². The number of hydrogen-bond donors (Lipinski definition) is 1. The van der Waals surface area contributed by atoms with Gasteiger partial charge >= 0.3 is 12.2 Å². The van der Waals surface area contributed by atoms with Gasteiger partial charge in [0.1, 0.15) is 0 Å². The molecule has 0 aromatic heterocycles. The Bertz CT molecular complexity index is 347. The Kier molecular flexibility index (Phi) is 5.35. The lowest BCUT2D eigenvalue weighted by molar-refractivity contribution is -0.241. The molecule has 6 heteroatoms. The second-order valence-electron chi connectivity index (χ2n) is 6.78. The van der Waals surface area contributed by atoms with Gasteiger partial charge in [0.15, 0.2) is 6.61 Å². The fourth-order valence-corrected chi connectivity index (χ4v) is 3.02. The average Bonchev–Trinajstić information content (AvgIpc) is 2.33. The van der Waals surface area contributed by atoms with Crippen molar-refractivity contribution in [2.75, 3.05) is 20.3 Å². The van der Waals surface area contributed by atoms with Gasteiger partial charge in [0.2, 0.25) is 0 Å². The number of methoxy groups -OCH3 is 1. The van der Waals surface area contributed by atoms with E-state index < -0.39 is 18.8 Å². The van der Waals surface area contributed by atoms with Gasteiger partial charge in [-0.3, -0.25) is 0 Å². The fraction of sp³-hybridized carbons (Fsp3) is 0.929. The highest BCUT2D eigenvalue weighted by molar-refractivity contribution is 5.67. The van der Waals surface area contributed by atoms with Gasteiger partial charge in [0.05, 0.1) is 0 Å². The molecule has 1 fully saturated rings. The predicted octanol–water partition coefficient (Wildman–Crippen LogP) is 3.56. The van der Waals surface area contributed by atoms with Gasteiger partial charge in [0, 0.05) is 13.7 Å². The third-order valence-electron chi connectivity index (χ3n) is 3.87. The molecule has 1 aliphatic carbocycles. The van der Waals surface area contributed by atoms with E-state index in [1.807, 2.05) is 0 Å². The summed E-state index contributed by atoms with van der Waals surface area (Å²) in [7, 11) is 0.867. The first-order chi connectivity index (χ1) is 9.08. The van der Waals surface area contributed by atoms with E-state index >= 15 is 0 Å². The molecule has 1 unspecified atom stereocenters. The Balaban J connectivity index is 2.37. The van der Waals surface area contributed by atoms with Crippen LogP contribution in [0.5, 0.6) is 0 Å². The van der Waals surface area contributed by atoms with Crippen LogP contribution >= 0.6 is 0 Å². The monoisotopic (exact) mass is 293 g/mol. The number of ether oxygens (including phenoxy) is 2. The van der Waals surface area contributed by atoms with Crippen molar-refractivity contribution in [1.82, 2.24) is 5.32 Å². The first kappa shape index (κ1) is 17.1. The quantitative estimate of drug-likeness (QED) is 0.843. The number of nitrogens with one attached hydrogen (secondary N) is 1. The van der Waals surface area contributed by atoms with Crippen molar-refractivity contribution in [3.05, 3.63) is 0 Å². The molecule has 118 valence electrons. The molecule has 0 bridgehead atoms. The maximum Gasteiger partial charge on any atom is 0.407 e. The SMILES string of the molecule is COC(F)(F)COC(=O)NCC1(C)CCCC(C)(C)C1. The molecule has 0 saturated heterocycles. The molecule has 0 aromatic carbocycles. The number of rotatable bonds is 5. The van der Waals surface area contributed by atoms with E-state index in [0.29, 0.717) is 6.54 Å². The van der Waals surface area contributed by atoms with Crippen LogP contribution in [0.3, 0.4) is 0 Å². The summed E-state index contributed by atoms with van der Waals surface area (Å²) in [5.74, 6) is 0. The van der Waals surface area contributed by atoms with Crippen molar-refractivity contribution in [3.8, 4) is 0 Å². The third-order valence-corrected chi connectivity index (χ3v) is 3.87. The number of amides is 1. The first-order valence-electron chi connectivity index (χ1n) is 6.91. The van der Waals surface area contributed by atoms with Crippen molar-refractivity contribution < 1.29 is 23.0 Å². The summed E-state index contributed by atoms with van der Waals surface area (Å²) < 4.78 is 33.9. The van der Waals surface area contributed by atoms with E-state index in [9.17, 15) is 13.6 Å². The number of hydrogen-bond acceptors (Lipinski definition) is 3. The molecule has 0 aromatic rings. The van der Waals surface area contributed by atoms with E-state index in [2.05, 4.69) is 35.6 Å². The standard InChI is InChI=1S/C14H25F2NO3/c1-12(2)6-5-7-13(3,8-12)9-17-11(18)20-10-14(15,16)19-4/h5-10H2,1-4H3,(H,17,18). The average molecular weight is 293 g/mol. The van der Waals surface area contributed by atoms with Crippen LogP contribution in [0.25, 0.3) is 0 Å². The van der Waals surface area contributed by atoms with Gasteiger partial charge in [-0.2, -0.15) is 8.78 Å². The minimum atomic E-state index is -3.44. The molecule has 0 radical (unpaired) electrons. The van der Waals surface area contributed by atoms with Crippen LogP contribution in [0.2, 0.25) is 0 Å². The Morgan fingerprint density at radius 1 is 1.30 bits per heavy atom. The molecule has 1 aliphatic rings. The van der Waals surface area contributed by atoms with Crippen LogP contribution in [-0.2, 0) is 9.47 Å². The summed E-state index contributed by atoms with van der Waals surface area (Å²) >= 11 is 0. The highest BCUT2D eigenvalue weighted by Crippen LogP contribution is 2.45. The summed E-state index contributed by atoms with van der Waals surface area (Å²) in [6.07, 6.45) is 0.0362. The lowest BCUT2D eigenvalue weighted by Crippen LogP contribution is -2.42. The molecule has 1 amide bonds. The van der Waals surface area contributed by atoms with Crippen molar-refractivity contribution >= 4 is 6.09 Å². The van der Waals surface area contributed by atoms with Crippen LogP contribution in [0.4, 0.5) is 13.6 Å². The van der Waals surface area contributed by atoms with Crippen LogP contribution in [0, 0.1) is 10.8 Å². The Labute approximate surface area is 119 Å². The molecule has 0 aliphatic heterocycles. The third kappa shape index (κ3) is 5.61. The summed E-state index contributed by atoms with van der Waals surface area (Å²) in [6.45, 7) is 5.90. The molecule has 1 rings (SSSR count). The second kappa shape index (κ2) is 6.24. The fourth-order valence-electron chi connectivity index (χ4n) is 3.02. The van der Waals surface area contributed by atoms with Crippen molar-refractivity contribution in [3.63, 3.8) is 0 Å². The van der Waals surface area contributed by atoms with Crippen LogP contribution < -0.4 is 5.32 Å². The minimum Gasteiger partial charge on any atom is -0.440 e. The Morgan fingerprint density at radius 2 is 1.95 bits per heavy atom. The molecule has 4 nitrogen and oxygen atoms in total. The van der Waals surface area contributed by atoms with Crippen molar-refractivity contribution in [1.29, 1.82) is 0 Å². The zero-order valence-electron chi connectivity index (χ0n) is 12.7. The summed E-state index contributed by atoms with van der Waals surface area (Å²) in [5, 5.41) is 2.58. The van der Waals surface area contributed by atoms with Crippen LogP contribution in [0.15, 0.2) is 0 Å². The van der Waals surface area contributed by atoms with Crippen molar-refractivity contribution in [2.24, 2.45) is 10.8 Å². The minimum absolute atomic E-state index is 0.00938. The van der Waals surface area contributed by atoms with Gasteiger partial charge in [-0.15, -0.1) is 0 Å². The molecular formula is C14H25F2NO3. The predicted molar refractivity (Wildman–Crippen MR) is 71.7 cm³/mol. The van der Waals surface area contributed by atoms with E-state index in [0.717, 1.165) is 26.4 Å². The summed E-state index contributed by atoms with van der Waals surface area (Å²) in [5.41, 5.74) is 0.242.